The van der Waals surface area contributed by atoms with Gasteiger partial charge in [0.15, 0.2) is 0 Å². The average molecular weight is 292 g/mol. The van der Waals surface area contributed by atoms with Gasteiger partial charge in [-0.1, -0.05) is 0 Å². The van der Waals surface area contributed by atoms with E-state index in [4.69, 9.17) is 15.9 Å². The van der Waals surface area contributed by atoms with Crippen LogP contribution in [-0.2, 0) is 19.2 Å². The van der Waals surface area contributed by atoms with Gasteiger partial charge in [-0.3, -0.25) is 14.4 Å². The highest BCUT2D eigenvalue weighted by Crippen LogP contribution is 2.03. The topological polar surface area (TPSA) is 147 Å². The number of carboxylic acids is 2. The molecule has 0 aromatic carbocycles. The Morgan fingerprint density at radius 2 is 1.79 bits per heavy atom. The molecule has 0 radical (unpaired) electrons. The van der Waals surface area contributed by atoms with Crippen LogP contribution >= 0.6 is 11.8 Å². The largest absolute Gasteiger partial charge is 0.481 e. The van der Waals surface area contributed by atoms with Gasteiger partial charge in [-0.05, 0) is 6.42 Å². The Hall–Kier alpha value is -1.77. The summed E-state index contributed by atoms with van der Waals surface area (Å²) in [6.45, 7) is 0. The molecule has 0 aromatic heterocycles. The summed E-state index contributed by atoms with van der Waals surface area (Å²) in [5.74, 6) is -2.98. The number of primary amides is 1. The highest BCUT2D eigenvalue weighted by atomic mass is 32.2. The third-order valence-electron chi connectivity index (χ3n) is 2.00. The van der Waals surface area contributed by atoms with Crippen molar-refractivity contribution >= 4 is 35.5 Å². The summed E-state index contributed by atoms with van der Waals surface area (Å²) in [6, 6.07) is -1.22. The Kier molecular flexibility index (Phi) is 8.34. The molecule has 9 heteroatoms. The number of nitrogens with two attached hydrogens (primary N) is 1. The molecule has 0 aliphatic rings. The lowest BCUT2D eigenvalue weighted by Gasteiger charge is -2.13. The standard InChI is InChI=1S/C10H16N2O6S/c11-7(13)5-19-4-3-8(14)12-6(10(17)18)1-2-9(15)16/h6H,1-5H2,(H2,11,13)(H,12,14)(H,15,16)(H,17,18). The molecule has 0 aliphatic carbocycles. The summed E-state index contributed by atoms with van der Waals surface area (Å²) in [4.78, 5) is 43.0. The molecule has 0 spiro atoms. The summed E-state index contributed by atoms with van der Waals surface area (Å²) < 4.78 is 0. The number of nitrogens with one attached hydrogen (secondary N) is 1. The van der Waals surface area contributed by atoms with Crippen molar-refractivity contribution in [3.63, 3.8) is 0 Å². The number of hydrogen-bond donors (Lipinski definition) is 4. The first kappa shape index (κ1) is 17.2. The van der Waals surface area contributed by atoms with Crippen LogP contribution in [0.5, 0.6) is 0 Å². The van der Waals surface area contributed by atoms with Crippen LogP contribution in [0.4, 0.5) is 0 Å². The number of hydrogen-bond acceptors (Lipinski definition) is 5. The molecule has 0 rings (SSSR count). The fourth-order valence-corrected chi connectivity index (χ4v) is 1.80. The van der Waals surface area contributed by atoms with Crippen molar-refractivity contribution < 1.29 is 29.4 Å². The third kappa shape index (κ3) is 9.89. The zero-order valence-electron chi connectivity index (χ0n) is 10.1. The van der Waals surface area contributed by atoms with Crippen molar-refractivity contribution in [3.8, 4) is 0 Å². The maximum Gasteiger partial charge on any atom is 0.326 e. The number of amides is 2. The predicted octanol–water partition coefficient (Wildman–Crippen LogP) is -0.971. The van der Waals surface area contributed by atoms with E-state index in [9.17, 15) is 19.2 Å². The van der Waals surface area contributed by atoms with E-state index in [-0.39, 0.29) is 25.0 Å². The number of thioether (sulfide) groups is 1. The molecular weight excluding hydrogens is 276 g/mol. The molecule has 0 bridgehead atoms. The monoisotopic (exact) mass is 292 g/mol. The van der Waals surface area contributed by atoms with Gasteiger partial charge in [0.05, 0.1) is 5.75 Å². The van der Waals surface area contributed by atoms with Crippen molar-refractivity contribution in [2.24, 2.45) is 5.73 Å². The molecule has 0 saturated carbocycles. The lowest BCUT2D eigenvalue weighted by atomic mass is 10.1. The average Bonchev–Trinajstić information content (AvgIpc) is 2.29. The zero-order chi connectivity index (χ0) is 14.8. The van der Waals surface area contributed by atoms with Crippen LogP contribution in [0.3, 0.4) is 0 Å². The summed E-state index contributed by atoms with van der Waals surface area (Å²) >= 11 is 1.17. The normalized spacial score (nSPS) is 11.6. The van der Waals surface area contributed by atoms with Crippen LogP contribution < -0.4 is 11.1 Å². The fourth-order valence-electron chi connectivity index (χ4n) is 1.13. The van der Waals surface area contributed by atoms with Crippen molar-refractivity contribution in [2.45, 2.75) is 25.3 Å². The molecule has 8 nitrogen and oxygen atoms in total. The Morgan fingerprint density at radius 1 is 1.16 bits per heavy atom. The second-order valence-corrected chi connectivity index (χ2v) is 4.76. The summed E-state index contributed by atoms with van der Waals surface area (Å²) in [5.41, 5.74) is 4.90. The minimum Gasteiger partial charge on any atom is -0.481 e. The van der Waals surface area contributed by atoms with Gasteiger partial charge in [0, 0.05) is 18.6 Å². The Balaban J connectivity index is 3.99. The molecular formula is C10H16N2O6S. The van der Waals surface area contributed by atoms with Crippen LogP contribution in [0, 0.1) is 0 Å². The van der Waals surface area contributed by atoms with Crippen LogP contribution in [0.2, 0.25) is 0 Å². The zero-order valence-corrected chi connectivity index (χ0v) is 10.9. The minimum atomic E-state index is -1.28. The predicted molar refractivity (Wildman–Crippen MR) is 67.6 cm³/mol. The van der Waals surface area contributed by atoms with Gasteiger partial charge in [0.1, 0.15) is 6.04 Å². The maximum atomic E-state index is 11.4. The van der Waals surface area contributed by atoms with Gasteiger partial charge in [0.2, 0.25) is 11.8 Å². The molecule has 0 aromatic rings. The van der Waals surface area contributed by atoms with Crippen LogP contribution in [-0.4, -0.2) is 51.5 Å². The van der Waals surface area contributed by atoms with Crippen molar-refractivity contribution in [2.75, 3.05) is 11.5 Å². The SMILES string of the molecule is NC(=O)CSCCC(=O)NC(CCC(=O)O)C(=O)O. The molecule has 0 aliphatic heterocycles. The molecule has 0 heterocycles. The lowest BCUT2D eigenvalue weighted by Crippen LogP contribution is -2.41. The lowest BCUT2D eigenvalue weighted by molar-refractivity contribution is -0.143. The van der Waals surface area contributed by atoms with Crippen LogP contribution in [0.25, 0.3) is 0 Å². The minimum absolute atomic E-state index is 0.0365. The van der Waals surface area contributed by atoms with Crippen LogP contribution in [0.1, 0.15) is 19.3 Å². The number of carbonyl (C=O) groups is 4. The van der Waals surface area contributed by atoms with Crippen LogP contribution in [0.15, 0.2) is 0 Å². The molecule has 5 N–H and O–H groups in total. The van der Waals surface area contributed by atoms with Gasteiger partial charge in [-0.2, -0.15) is 11.8 Å². The summed E-state index contributed by atoms with van der Waals surface area (Å²) in [7, 11) is 0. The molecule has 108 valence electrons. The molecule has 1 unspecified atom stereocenters. The van der Waals surface area contributed by atoms with E-state index in [1.165, 1.54) is 11.8 Å². The van der Waals surface area contributed by atoms with E-state index < -0.39 is 29.8 Å². The highest BCUT2D eigenvalue weighted by Gasteiger charge is 2.20. The highest BCUT2D eigenvalue weighted by molar-refractivity contribution is 7.99. The molecule has 0 saturated heterocycles. The molecule has 1 atom stereocenters. The third-order valence-corrected chi connectivity index (χ3v) is 2.98. The van der Waals surface area contributed by atoms with Crippen molar-refractivity contribution in [1.29, 1.82) is 0 Å². The van der Waals surface area contributed by atoms with Gasteiger partial charge in [-0.15, -0.1) is 0 Å². The first-order chi connectivity index (χ1) is 8.82. The van der Waals surface area contributed by atoms with Gasteiger partial charge in [0.25, 0.3) is 0 Å². The second-order valence-electron chi connectivity index (χ2n) is 3.66. The molecule has 19 heavy (non-hydrogen) atoms. The smallest absolute Gasteiger partial charge is 0.326 e. The summed E-state index contributed by atoms with van der Waals surface area (Å²) in [6.07, 6.45) is -0.479. The second kappa shape index (κ2) is 9.20. The Morgan fingerprint density at radius 3 is 2.26 bits per heavy atom. The maximum absolute atomic E-state index is 11.4. The van der Waals surface area contributed by atoms with E-state index in [2.05, 4.69) is 5.32 Å². The molecule has 0 fully saturated rings. The summed E-state index contributed by atoms with van der Waals surface area (Å²) in [5, 5.41) is 19.5. The van der Waals surface area contributed by atoms with E-state index in [1.54, 1.807) is 0 Å². The van der Waals surface area contributed by atoms with E-state index in [0.717, 1.165) is 0 Å². The van der Waals surface area contributed by atoms with Gasteiger partial charge >= 0.3 is 11.9 Å². The van der Waals surface area contributed by atoms with Gasteiger partial charge < -0.3 is 21.3 Å². The number of carbonyl (C=O) groups excluding carboxylic acids is 2. The van der Waals surface area contributed by atoms with Crippen molar-refractivity contribution in [1.82, 2.24) is 5.32 Å². The molecule has 2 amide bonds. The first-order valence-corrected chi connectivity index (χ1v) is 6.58. The van der Waals surface area contributed by atoms with E-state index in [1.807, 2.05) is 0 Å². The van der Waals surface area contributed by atoms with E-state index in [0.29, 0.717) is 5.75 Å². The number of aliphatic carboxylic acids is 2. The quantitative estimate of drug-likeness (QED) is 0.379. The Bertz CT molecular complexity index is 360. The Labute approximate surface area is 113 Å². The fraction of sp³-hybridized carbons (Fsp3) is 0.600. The number of rotatable bonds is 10. The van der Waals surface area contributed by atoms with Gasteiger partial charge in [-0.25, -0.2) is 4.79 Å². The number of carboxylic acid groups (broad SMARTS) is 2. The van der Waals surface area contributed by atoms with Crippen molar-refractivity contribution in [3.05, 3.63) is 0 Å². The first-order valence-electron chi connectivity index (χ1n) is 5.43. The van der Waals surface area contributed by atoms with E-state index >= 15 is 0 Å².